The Morgan fingerprint density at radius 2 is 1.00 bits per heavy atom. The van der Waals surface area contributed by atoms with E-state index in [0.717, 1.165) is 0 Å². The average Bonchev–Trinajstić information content (AvgIpc) is 2.70. The summed E-state index contributed by atoms with van der Waals surface area (Å²) in [4.78, 5) is 2.78. The van der Waals surface area contributed by atoms with Crippen molar-refractivity contribution in [1.29, 1.82) is 0 Å². The van der Waals surface area contributed by atoms with Crippen LogP contribution in [-0.4, -0.2) is 4.86 Å². The third kappa shape index (κ3) is 3.55. The van der Waals surface area contributed by atoms with Crippen molar-refractivity contribution in [3.05, 3.63) is 120 Å². The molecular formula is C23H17IS. The Kier molecular flexibility index (Phi) is 4.99. The highest BCUT2D eigenvalue weighted by Crippen LogP contribution is 2.47. The van der Waals surface area contributed by atoms with Crippen molar-refractivity contribution < 1.29 is 0 Å². The van der Waals surface area contributed by atoms with Gasteiger partial charge >= 0.3 is 0 Å². The van der Waals surface area contributed by atoms with E-state index in [0.29, 0.717) is 0 Å². The fourth-order valence-corrected chi connectivity index (χ4v) is 6.59. The lowest BCUT2D eigenvalue weighted by Gasteiger charge is -2.20. The van der Waals surface area contributed by atoms with Crippen LogP contribution in [0.25, 0.3) is 10.5 Å². The molecule has 0 aromatic heterocycles. The molecule has 122 valence electrons. The van der Waals surface area contributed by atoms with E-state index in [1.54, 1.807) is 0 Å². The maximum atomic E-state index is 2.60. The fourth-order valence-electron chi connectivity index (χ4n) is 2.92. The Hall–Kier alpha value is -1.91. The number of allylic oxidation sites excluding steroid dienone is 3. The van der Waals surface area contributed by atoms with E-state index >= 15 is 0 Å². The van der Waals surface area contributed by atoms with Crippen LogP contribution in [0.5, 0.6) is 0 Å². The molecular weight excluding hydrogens is 435 g/mol. The van der Waals surface area contributed by atoms with Gasteiger partial charge in [0.05, 0.1) is 0 Å². The van der Waals surface area contributed by atoms with E-state index in [2.05, 4.69) is 124 Å². The number of rotatable bonds is 3. The van der Waals surface area contributed by atoms with Gasteiger partial charge in [-0.15, -0.1) is 0 Å². The first-order valence-corrected chi connectivity index (χ1v) is 12.0. The highest BCUT2D eigenvalue weighted by atomic mass is 127. The molecule has 0 amide bonds. The molecule has 0 aliphatic carbocycles. The van der Waals surface area contributed by atoms with Crippen LogP contribution in [0.2, 0.25) is 0 Å². The summed E-state index contributed by atoms with van der Waals surface area (Å²) in [5.41, 5.74) is 5.14. The second-order valence-corrected chi connectivity index (χ2v) is 9.86. The lowest BCUT2D eigenvalue weighted by molar-refractivity contribution is 1.61. The van der Waals surface area contributed by atoms with Gasteiger partial charge in [0.1, 0.15) is 0 Å². The molecule has 0 nitrogen and oxygen atoms in total. The molecule has 1 heterocycles. The Labute approximate surface area is 163 Å². The minimum absolute atomic E-state index is 0.00919. The van der Waals surface area contributed by atoms with Crippen LogP contribution in [0.15, 0.2) is 103 Å². The minimum Gasteiger partial charge on any atom is -0.0829 e. The quantitative estimate of drug-likeness (QED) is 0.298. The largest absolute Gasteiger partial charge is 0.0829 e. The molecule has 4 rings (SSSR count). The zero-order valence-electron chi connectivity index (χ0n) is 13.6. The topological polar surface area (TPSA) is 0 Å². The molecule has 0 N–H and O–H groups in total. The monoisotopic (exact) mass is 452 g/mol. The molecule has 0 saturated carbocycles. The van der Waals surface area contributed by atoms with E-state index in [1.807, 2.05) is 0 Å². The van der Waals surface area contributed by atoms with Crippen molar-refractivity contribution in [3.8, 4) is 0 Å². The number of hydrogen-bond acceptors (Lipinski definition) is 0. The Balaban J connectivity index is 1.92. The predicted molar refractivity (Wildman–Crippen MR) is 121 cm³/mol. The summed E-state index contributed by atoms with van der Waals surface area (Å²) >= 11 is 2.60. The molecule has 0 bridgehead atoms. The summed E-state index contributed by atoms with van der Waals surface area (Å²) in [5.74, 6) is 0. The molecule has 1 atom stereocenters. The third-order valence-electron chi connectivity index (χ3n) is 4.18. The summed E-state index contributed by atoms with van der Waals surface area (Å²) in [5, 5.41) is 0. The second-order valence-electron chi connectivity index (χ2n) is 5.83. The molecule has 2 heteroatoms. The SMILES string of the molecule is IS1=C(c2ccccc2)C=C(c2ccccc2)C=C1c1ccccc1. The molecule has 0 saturated heterocycles. The van der Waals surface area contributed by atoms with Gasteiger partial charge in [-0.1, -0.05) is 98.7 Å². The molecule has 25 heavy (non-hydrogen) atoms. The van der Waals surface area contributed by atoms with Crippen LogP contribution in [0.4, 0.5) is 0 Å². The Morgan fingerprint density at radius 3 is 1.56 bits per heavy atom. The normalized spacial score (nSPS) is 17.0. The molecule has 1 aliphatic rings. The van der Waals surface area contributed by atoms with Crippen molar-refractivity contribution in [2.24, 2.45) is 0 Å². The first-order valence-electron chi connectivity index (χ1n) is 8.20. The van der Waals surface area contributed by atoms with E-state index in [-0.39, 0.29) is 7.66 Å². The first kappa shape index (κ1) is 16.6. The van der Waals surface area contributed by atoms with Gasteiger partial charge in [-0.3, -0.25) is 0 Å². The smallest absolute Gasteiger partial charge is 0.0199 e. The van der Waals surface area contributed by atoms with Crippen molar-refractivity contribution in [2.45, 2.75) is 0 Å². The van der Waals surface area contributed by atoms with Gasteiger partial charge in [0.2, 0.25) is 0 Å². The van der Waals surface area contributed by atoms with Crippen LogP contribution >= 0.6 is 28.9 Å². The van der Waals surface area contributed by atoms with Gasteiger partial charge in [0.25, 0.3) is 0 Å². The van der Waals surface area contributed by atoms with Crippen LogP contribution in [0, 0.1) is 0 Å². The van der Waals surface area contributed by atoms with Crippen molar-refractivity contribution >= 4 is 44.2 Å². The van der Waals surface area contributed by atoms with Crippen LogP contribution in [0.1, 0.15) is 16.7 Å². The van der Waals surface area contributed by atoms with E-state index in [4.69, 9.17) is 0 Å². The van der Waals surface area contributed by atoms with E-state index in [9.17, 15) is 0 Å². The van der Waals surface area contributed by atoms with Gasteiger partial charge in [-0.25, -0.2) is 0 Å². The zero-order valence-corrected chi connectivity index (χ0v) is 16.6. The molecule has 1 aliphatic heterocycles. The number of halogens is 1. The summed E-state index contributed by atoms with van der Waals surface area (Å²) in [6.45, 7) is 0. The summed E-state index contributed by atoms with van der Waals surface area (Å²) in [7, 11) is 0.00919. The minimum atomic E-state index is 0.00919. The van der Waals surface area contributed by atoms with Crippen LogP contribution < -0.4 is 0 Å². The number of hydrogen-bond donors (Lipinski definition) is 0. The van der Waals surface area contributed by atoms with E-state index in [1.165, 1.54) is 32.0 Å². The fraction of sp³-hybridized carbons (Fsp3) is 0. The highest BCUT2D eigenvalue weighted by molar-refractivity contribution is 14.2. The second kappa shape index (κ2) is 7.54. The van der Waals surface area contributed by atoms with Crippen molar-refractivity contribution in [2.75, 3.05) is 0 Å². The van der Waals surface area contributed by atoms with Gasteiger partial charge in [-0.05, 0) is 55.6 Å². The summed E-state index contributed by atoms with van der Waals surface area (Å²) in [6, 6.07) is 32.1. The van der Waals surface area contributed by atoms with Gasteiger partial charge in [-0.2, -0.15) is 0 Å². The average molecular weight is 452 g/mol. The van der Waals surface area contributed by atoms with Crippen LogP contribution in [0.3, 0.4) is 0 Å². The number of benzene rings is 3. The van der Waals surface area contributed by atoms with E-state index < -0.39 is 0 Å². The molecule has 0 fully saturated rings. The molecule has 0 radical (unpaired) electrons. The van der Waals surface area contributed by atoms with Crippen molar-refractivity contribution in [3.63, 3.8) is 0 Å². The summed E-state index contributed by atoms with van der Waals surface area (Å²) < 4.78 is 0. The van der Waals surface area contributed by atoms with Gasteiger partial charge < -0.3 is 0 Å². The Bertz CT molecular complexity index is 966. The predicted octanol–water partition coefficient (Wildman–Crippen LogP) is 6.96. The van der Waals surface area contributed by atoms with Crippen LogP contribution in [-0.2, 0) is 0 Å². The van der Waals surface area contributed by atoms with Gasteiger partial charge in [0, 0.05) is 9.77 Å². The summed E-state index contributed by atoms with van der Waals surface area (Å²) in [6.07, 6.45) is 4.71. The maximum Gasteiger partial charge on any atom is 0.0199 e. The molecule has 1 unspecified atom stereocenters. The van der Waals surface area contributed by atoms with Crippen molar-refractivity contribution in [1.82, 2.24) is 0 Å². The lowest BCUT2D eigenvalue weighted by Crippen LogP contribution is -2.02. The molecule has 3 aromatic rings. The molecule has 3 aromatic carbocycles. The lowest BCUT2D eigenvalue weighted by atomic mass is 10.0. The molecule has 0 spiro atoms. The highest BCUT2D eigenvalue weighted by Gasteiger charge is 2.17. The Morgan fingerprint density at radius 1 is 0.520 bits per heavy atom. The van der Waals surface area contributed by atoms with Gasteiger partial charge in [0.15, 0.2) is 0 Å². The maximum absolute atomic E-state index is 2.60. The standard InChI is InChI=1S/C23H17IS/c24-25-22(19-12-6-2-7-13-19)16-21(18-10-4-1-5-11-18)17-23(25)20-14-8-3-9-15-20/h1-17H. The third-order valence-corrected chi connectivity index (χ3v) is 8.51. The first-order chi connectivity index (χ1) is 12.3. The zero-order chi connectivity index (χ0) is 17.1.